The van der Waals surface area contributed by atoms with Gasteiger partial charge in [0.2, 0.25) is 5.91 Å². The quantitative estimate of drug-likeness (QED) is 0.644. The maximum Gasteiger partial charge on any atom is 0.287 e. The lowest BCUT2D eigenvalue weighted by Gasteiger charge is -2.12. The first kappa shape index (κ1) is 18.3. The molecule has 0 fully saturated rings. The van der Waals surface area contributed by atoms with Gasteiger partial charge in [0.15, 0.2) is 5.76 Å². The summed E-state index contributed by atoms with van der Waals surface area (Å²) in [7, 11) is 0. The molecule has 0 aliphatic rings. The predicted octanol–water partition coefficient (Wildman–Crippen LogP) is 2.90. The Morgan fingerprint density at radius 2 is 1.59 bits per heavy atom. The van der Waals surface area contributed by atoms with Crippen molar-refractivity contribution < 1.29 is 18.7 Å². The standard InChI is InChI=1S/C21H20N2O4/c24-20(14-23-21(25)19-11-6-12-26-19)22-13-16-7-4-5-8-17(16)15-27-18-9-2-1-3-10-18/h1-12H,13-15H2,(H,22,24)(H,23,25). The van der Waals surface area contributed by atoms with E-state index in [1.165, 1.54) is 12.3 Å². The summed E-state index contributed by atoms with van der Waals surface area (Å²) in [6.07, 6.45) is 1.41. The Labute approximate surface area is 157 Å². The summed E-state index contributed by atoms with van der Waals surface area (Å²) >= 11 is 0. The maximum atomic E-state index is 12.0. The van der Waals surface area contributed by atoms with Crippen LogP contribution in [0.2, 0.25) is 0 Å². The molecule has 3 aromatic rings. The molecule has 2 amide bonds. The van der Waals surface area contributed by atoms with Crippen LogP contribution in [0.4, 0.5) is 0 Å². The summed E-state index contributed by atoms with van der Waals surface area (Å²) in [5, 5.41) is 5.31. The number of rotatable bonds is 8. The lowest BCUT2D eigenvalue weighted by atomic mass is 10.1. The van der Waals surface area contributed by atoms with Crippen LogP contribution < -0.4 is 15.4 Å². The van der Waals surface area contributed by atoms with Gasteiger partial charge in [0, 0.05) is 6.54 Å². The molecule has 0 spiro atoms. The van der Waals surface area contributed by atoms with E-state index in [0.717, 1.165) is 16.9 Å². The van der Waals surface area contributed by atoms with Crippen LogP contribution in [0.25, 0.3) is 0 Å². The fraction of sp³-hybridized carbons (Fsp3) is 0.143. The van der Waals surface area contributed by atoms with Gasteiger partial charge < -0.3 is 19.8 Å². The first-order valence-corrected chi connectivity index (χ1v) is 8.55. The molecule has 1 heterocycles. The number of hydrogen-bond acceptors (Lipinski definition) is 4. The second kappa shape index (κ2) is 9.24. The number of nitrogens with one attached hydrogen (secondary N) is 2. The van der Waals surface area contributed by atoms with Gasteiger partial charge in [-0.2, -0.15) is 0 Å². The molecule has 1 aromatic heterocycles. The van der Waals surface area contributed by atoms with Gasteiger partial charge in [-0.05, 0) is 35.4 Å². The molecule has 2 N–H and O–H groups in total. The largest absolute Gasteiger partial charge is 0.489 e. The van der Waals surface area contributed by atoms with Crippen molar-refractivity contribution in [3.05, 3.63) is 89.9 Å². The summed E-state index contributed by atoms with van der Waals surface area (Å²) in [5.41, 5.74) is 1.94. The van der Waals surface area contributed by atoms with Crippen LogP contribution in [-0.2, 0) is 17.9 Å². The number of amides is 2. The van der Waals surface area contributed by atoms with Crippen LogP contribution in [0.3, 0.4) is 0 Å². The van der Waals surface area contributed by atoms with Crippen molar-refractivity contribution in [1.82, 2.24) is 10.6 Å². The van der Waals surface area contributed by atoms with E-state index in [-0.39, 0.29) is 18.2 Å². The van der Waals surface area contributed by atoms with Gasteiger partial charge in [-0.1, -0.05) is 42.5 Å². The van der Waals surface area contributed by atoms with Crippen LogP contribution in [0.15, 0.2) is 77.4 Å². The molecule has 6 nitrogen and oxygen atoms in total. The first-order chi connectivity index (χ1) is 13.2. The Kier molecular flexibility index (Phi) is 6.25. The van der Waals surface area contributed by atoms with E-state index < -0.39 is 5.91 Å². The Balaban J connectivity index is 1.48. The Bertz CT molecular complexity index is 876. The van der Waals surface area contributed by atoms with E-state index in [9.17, 15) is 9.59 Å². The minimum Gasteiger partial charge on any atom is -0.489 e. The molecule has 0 aliphatic heterocycles. The molecule has 0 bridgehead atoms. The van der Waals surface area contributed by atoms with Crippen molar-refractivity contribution in [2.75, 3.05) is 6.54 Å². The predicted molar refractivity (Wildman–Crippen MR) is 100 cm³/mol. The third-order valence-electron chi connectivity index (χ3n) is 3.89. The number of furan rings is 1. The molecule has 138 valence electrons. The molecule has 0 unspecified atom stereocenters. The third kappa shape index (κ3) is 5.47. The van der Waals surface area contributed by atoms with Gasteiger partial charge in [-0.15, -0.1) is 0 Å². The Hall–Kier alpha value is -3.54. The third-order valence-corrected chi connectivity index (χ3v) is 3.89. The lowest BCUT2D eigenvalue weighted by Crippen LogP contribution is -2.36. The second-order valence-corrected chi connectivity index (χ2v) is 5.81. The Morgan fingerprint density at radius 3 is 2.33 bits per heavy atom. The van der Waals surface area contributed by atoms with E-state index in [1.807, 2.05) is 54.6 Å². The number of para-hydroxylation sites is 1. The van der Waals surface area contributed by atoms with E-state index in [0.29, 0.717) is 13.2 Å². The zero-order valence-corrected chi connectivity index (χ0v) is 14.7. The van der Waals surface area contributed by atoms with E-state index in [1.54, 1.807) is 6.07 Å². The van der Waals surface area contributed by atoms with E-state index in [2.05, 4.69) is 10.6 Å². The highest BCUT2D eigenvalue weighted by molar-refractivity contribution is 5.94. The summed E-state index contributed by atoms with van der Waals surface area (Å²) in [5.74, 6) is 0.253. The van der Waals surface area contributed by atoms with Crippen molar-refractivity contribution in [2.24, 2.45) is 0 Å². The van der Waals surface area contributed by atoms with Gasteiger partial charge in [-0.3, -0.25) is 9.59 Å². The summed E-state index contributed by atoms with van der Waals surface area (Å²) in [6.45, 7) is 0.636. The molecule has 0 atom stereocenters. The fourth-order valence-electron chi connectivity index (χ4n) is 2.46. The van der Waals surface area contributed by atoms with Crippen molar-refractivity contribution in [3.8, 4) is 5.75 Å². The van der Waals surface area contributed by atoms with Gasteiger partial charge in [-0.25, -0.2) is 0 Å². The highest BCUT2D eigenvalue weighted by atomic mass is 16.5. The molecular formula is C21H20N2O4. The van der Waals surface area contributed by atoms with Crippen LogP contribution >= 0.6 is 0 Å². The molecule has 3 rings (SSSR count). The maximum absolute atomic E-state index is 12.0. The minimum absolute atomic E-state index is 0.123. The minimum atomic E-state index is -0.424. The summed E-state index contributed by atoms with van der Waals surface area (Å²) < 4.78 is 10.8. The highest BCUT2D eigenvalue weighted by Crippen LogP contribution is 2.14. The SMILES string of the molecule is O=C(CNC(=O)c1ccco1)NCc1ccccc1COc1ccccc1. The van der Waals surface area contributed by atoms with Crippen LogP contribution in [-0.4, -0.2) is 18.4 Å². The molecule has 27 heavy (non-hydrogen) atoms. The lowest BCUT2D eigenvalue weighted by molar-refractivity contribution is -0.120. The second-order valence-electron chi connectivity index (χ2n) is 5.81. The molecule has 0 saturated heterocycles. The smallest absolute Gasteiger partial charge is 0.287 e. The molecule has 0 radical (unpaired) electrons. The number of benzene rings is 2. The van der Waals surface area contributed by atoms with Crippen molar-refractivity contribution in [1.29, 1.82) is 0 Å². The van der Waals surface area contributed by atoms with Gasteiger partial charge in [0.1, 0.15) is 12.4 Å². The van der Waals surface area contributed by atoms with Gasteiger partial charge in [0.05, 0.1) is 12.8 Å². The van der Waals surface area contributed by atoms with Crippen molar-refractivity contribution in [2.45, 2.75) is 13.2 Å². The highest BCUT2D eigenvalue weighted by Gasteiger charge is 2.10. The average Bonchev–Trinajstić information content (AvgIpc) is 3.25. The van der Waals surface area contributed by atoms with Gasteiger partial charge in [0.25, 0.3) is 5.91 Å². The molecular weight excluding hydrogens is 344 g/mol. The van der Waals surface area contributed by atoms with E-state index >= 15 is 0 Å². The van der Waals surface area contributed by atoms with Crippen LogP contribution in [0, 0.1) is 0 Å². The number of hydrogen-bond donors (Lipinski definition) is 2. The normalized spacial score (nSPS) is 10.2. The van der Waals surface area contributed by atoms with Crippen LogP contribution in [0.5, 0.6) is 5.75 Å². The Morgan fingerprint density at radius 1 is 0.852 bits per heavy atom. The zero-order valence-electron chi connectivity index (χ0n) is 14.7. The van der Waals surface area contributed by atoms with Gasteiger partial charge >= 0.3 is 0 Å². The summed E-state index contributed by atoms with van der Waals surface area (Å²) in [6, 6.07) is 20.4. The molecule has 0 aliphatic carbocycles. The number of ether oxygens (including phenoxy) is 1. The zero-order chi connectivity index (χ0) is 18.9. The fourth-order valence-corrected chi connectivity index (χ4v) is 2.46. The molecule has 2 aromatic carbocycles. The van der Waals surface area contributed by atoms with Crippen LogP contribution in [0.1, 0.15) is 21.7 Å². The van der Waals surface area contributed by atoms with E-state index in [4.69, 9.17) is 9.15 Å². The topological polar surface area (TPSA) is 80.6 Å². The number of carbonyl (C=O) groups excluding carboxylic acids is 2. The average molecular weight is 364 g/mol. The summed E-state index contributed by atoms with van der Waals surface area (Å²) in [4.78, 5) is 23.8. The first-order valence-electron chi connectivity index (χ1n) is 8.55. The monoisotopic (exact) mass is 364 g/mol. The van der Waals surface area contributed by atoms with Crippen molar-refractivity contribution in [3.63, 3.8) is 0 Å². The van der Waals surface area contributed by atoms with Crippen molar-refractivity contribution >= 4 is 11.8 Å². The molecule has 6 heteroatoms. The number of carbonyl (C=O) groups is 2. The molecule has 0 saturated carbocycles.